The van der Waals surface area contributed by atoms with Gasteiger partial charge in [-0.15, -0.1) is 5.10 Å². The van der Waals surface area contributed by atoms with Crippen LogP contribution in [-0.2, 0) is 6.54 Å². The van der Waals surface area contributed by atoms with E-state index >= 15 is 0 Å². The summed E-state index contributed by atoms with van der Waals surface area (Å²) in [6, 6.07) is 0. The van der Waals surface area contributed by atoms with E-state index in [0.29, 0.717) is 5.92 Å². The predicted octanol–water partition coefficient (Wildman–Crippen LogP) is 1.50. The normalized spacial score (nSPS) is 16.7. The first-order valence-electron chi connectivity index (χ1n) is 8.07. The highest BCUT2D eigenvalue weighted by Gasteiger charge is 2.11. The molecule has 0 radical (unpaired) electrons. The molecule has 0 aliphatic carbocycles. The molecule has 1 aromatic heterocycles. The first kappa shape index (κ1) is 16.7. The fourth-order valence-corrected chi connectivity index (χ4v) is 3.37. The number of tetrazole rings is 1. The molecular weight excluding hydrogens is 284 g/mol. The number of aromatic nitrogens is 4. The molecule has 0 atom stereocenters. The summed E-state index contributed by atoms with van der Waals surface area (Å²) < 4.78 is 1.91. The summed E-state index contributed by atoms with van der Waals surface area (Å²) >= 11 is 1.77. The van der Waals surface area contributed by atoms with E-state index in [1.807, 2.05) is 4.68 Å². The number of hydrogen-bond donors (Lipinski definition) is 1. The maximum atomic E-state index is 4.13. The molecule has 1 aliphatic heterocycles. The summed E-state index contributed by atoms with van der Waals surface area (Å²) in [7, 11) is 0. The van der Waals surface area contributed by atoms with E-state index in [1.54, 1.807) is 11.8 Å². The number of nitrogens with one attached hydrogen (secondary N) is 1. The molecule has 1 N–H and O–H groups in total. The van der Waals surface area contributed by atoms with Crippen molar-refractivity contribution < 1.29 is 0 Å². The largest absolute Gasteiger partial charge is 0.315 e. The van der Waals surface area contributed by atoms with Crippen molar-refractivity contribution in [1.29, 1.82) is 0 Å². The Morgan fingerprint density at radius 1 is 1.19 bits per heavy atom. The summed E-state index contributed by atoms with van der Waals surface area (Å²) in [5.41, 5.74) is 0. The maximum absolute atomic E-state index is 4.13. The van der Waals surface area contributed by atoms with Gasteiger partial charge in [-0.25, -0.2) is 4.68 Å². The van der Waals surface area contributed by atoms with Gasteiger partial charge in [-0.05, 0) is 48.8 Å². The molecule has 7 heteroatoms. The van der Waals surface area contributed by atoms with Crippen LogP contribution < -0.4 is 5.32 Å². The van der Waals surface area contributed by atoms with E-state index in [1.165, 1.54) is 32.4 Å². The van der Waals surface area contributed by atoms with Gasteiger partial charge < -0.3 is 10.2 Å². The molecule has 0 amide bonds. The van der Waals surface area contributed by atoms with E-state index in [-0.39, 0.29) is 0 Å². The van der Waals surface area contributed by atoms with Crippen LogP contribution in [0.25, 0.3) is 0 Å². The molecule has 120 valence electrons. The van der Waals surface area contributed by atoms with Crippen LogP contribution in [0.5, 0.6) is 0 Å². The standard InChI is InChI=1S/C14H28N6S/c1-13(2)12-15-6-9-20-14(16-17-18-20)21-11-10-19-7-4-3-5-8-19/h13,15H,3-12H2,1-2H3. The highest BCUT2D eigenvalue weighted by atomic mass is 32.2. The molecule has 1 fully saturated rings. The number of nitrogens with zero attached hydrogens (tertiary/aromatic N) is 5. The highest BCUT2D eigenvalue weighted by Crippen LogP contribution is 2.15. The zero-order chi connectivity index (χ0) is 14.9. The van der Waals surface area contributed by atoms with E-state index < -0.39 is 0 Å². The molecule has 6 nitrogen and oxygen atoms in total. The first-order chi connectivity index (χ1) is 10.3. The first-order valence-corrected chi connectivity index (χ1v) is 9.06. The van der Waals surface area contributed by atoms with Gasteiger partial charge in [0.2, 0.25) is 5.16 Å². The van der Waals surface area contributed by atoms with Gasteiger partial charge in [0, 0.05) is 18.8 Å². The third-order valence-electron chi connectivity index (χ3n) is 3.64. The van der Waals surface area contributed by atoms with Gasteiger partial charge in [0.25, 0.3) is 0 Å². The van der Waals surface area contributed by atoms with Crippen LogP contribution in [-0.4, -0.2) is 63.6 Å². The van der Waals surface area contributed by atoms with Crippen molar-refractivity contribution in [3.63, 3.8) is 0 Å². The van der Waals surface area contributed by atoms with Crippen LogP contribution in [0.2, 0.25) is 0 Å². The molecule has 1 aliphatic rings. The molecule has 0 bridgehead atoms. The summed E-state index contributed by atoms with van der Waals surface area (Å²) in [5, 5.41) is 16.4. The number of piperidine rings is 1. The van der Waals surface area contributed by atoms with Gasteiger partial charge in [0.1, 0.15) is 0 Å². The molecular formula is C14H28N6S. The van der Waals surface area contributed by atoms with Gasteiger partial charge in [-0.3, -0.25) is 0 Å². The Bertz CT molecular complexity index is 389. The van der Waals surface area contributed by atoms with E-state index in [0.717, 1.165) is 37.1 Å². The van der Waals surface area contributed by atoms with Crippen molar-refractivity contribution in [2.75, 3.05) is 38.5 Å². The van der Waals surface area contributed by atoms with Gasteiger partial charge >= 0.3 is 0 Å². The van der Waals surface area contributed by atoms with Crippen LogP contribution in [0.4, 0.5) is 0 Å². The van der Waals surface area contributed by atoms with Crippen molar-refractivity contribution in [1.82, 2.24) is 30.4 Å². The minimum absolute atomic E-state index is 0.678. The van der Waals surface area contributed by atoms with Crippen LogP contribution in [0, 0.1) is 5.92 Å². The Balaban J connectivity index is 1.65. The highest BCUT2D eigenvalue weighted by molar-refractivity contribution is 7.99. The fraction of sp³-hybridized carbons (Fsp3) is 0.929. The molecule has 0 unspecified atom stereocenters. The Hall–Kier alpha value is -0.660. The smallest absolute Gasteiger partial charge is 0.209 e. The van der Waals surface area contributed by atoms with Crippen LogP contribution in [0.1, 0.15) is 33.1 Å². The zero-order valence-electron chi connectivity index (χ0n) is 13.3. The monoisotopic (exact) mass is 312 g/mol. The molecule has 0 saturated carbocycles. The van der Waals surface area contributed by atoms with Gasteiger partial charge in [-0.2, -0.15) is 0 Å². The third-order valence-corrected chi connectivity index (χ3v) is 4.58. The Kier molecular flexibility index (Phi) is 7.46. The van der Waals surface area contributed by atoms with Crippen molar-refractivity contribution >= 4 is 11.8 Å². The van der Waals surface area contributed by atoms with E-state index in [2.05, 4.69) is 39.6 Å². The SMILES string of the molecule is CC(C)CNCCn1nnnc1SCCN1CCCCC1. The Morgan fingerprint density at radius 2 is 2.00 bits per heavy atom. The van der Waals surface area contributed by atoms with Crippen molar-refractivity contribution in [3.05, 3.63) is 0 Å². The topological polar surface area (TPSA) is 58.9 Å². The third kappa shape index (κ3) is 6.32. The molecule has 1 saturated heterocycles. The lowest BCUT2D eigenvalue weighted by Crippen LogP contribution is -2.31. The number of likely N-dealkylation sites (tertiary alicyclic amines) is 1. The van der Waals surface area contributed by atoms with Crippen LogP contribution in [0.15, 0.2) is 5.16 Å². The minimum Gasteiger partial charge on any atom is -0.315 e. The quantitative estimate of drug-likeness (QED) is 0.551. The summed E-state index contributed by atoms with van der Waals surface area (Å²) in [4.78, 5) is 2.55. The minimum atomic E-state index is 0.678. The number of rotatable bonds is 9. The average Bonchev–Trinajstić information content (AvgIpc) is 2.92. The second kappa shape index (κ2) is 9.38. The van der Waals surface area contributed by atoms with Crippen LogP contribution >= 0.6 is 11.8 Å². The van der Waals surface area contributed by atoms with Crippen molar-refractivity contribution in [2.24, 2.45) is 5.92 Å². The summed E-state index contributed by atoms with van der Waals surface area (Å²) in [5.74, 6) is 1.75. The van der Waals surface area contributed by atoms with Crippen molar-refractivity contribution in [3.8, 4) is 0 Å². The lowest BCUT2D eigenvalue weighted by Gasteiger charge is -2.25. The van der Waals surface area contributed by atoms with E-state index in [4.69, 9.17) is 0 Å². The van der Waals surface area contributed by atoms with Gasteiger partial charge in [0.15, 0.2) is 0 Å². The molecule has 1 aromatic rings. The average molecular weight is 312 g/mol. The molecule has 2 rings (SSSR count). The van der Waals surface area contributed by atoms with Crippen LogP contribution in [0.3, 0.4) is 0 Å². The van der Waals surface area contributed by atoms with Crippen molar-refractivity contribution in [2.45, 2.75) is 44.8 Å². The van der Waals surface area contributed by atoms with Gasteiger partial charge in [0.05, 0.1) is 6.54 Å². The zero-order valence-corrected chi connectivity index (χ0v) is 14.1. The lowest BCUT2D eigenvalue weighted by molar-refractivity contribution is 0.242. The predicted molar refractivity (Wildman–Crippen MR) is 86.5 cm³/mol. The maximum Gasteiger partial charge on any atom is 0.209 e. The second-order valence-electron chi connectivity index (χ2n) is 6.03. The lowest BCUT2D eigenvalue weighted by atomic mass is 10.1. The summed E-state index contributed by atoms with van der Waals surface area (Å²) in [6.45, 7) is 10.9. The Morgan fingerprint density at radius 3 is 2.76 bits per heavy atom. The number of thioether (sulfide) groups is 1. The number of hydrogen-bond acceptors (Lipinski definition) is 6. The molecule has 0 aromatic carbocycles. The van der Waals surface area contributed by atoms with Gasteiger partial charge in [-0.1, -0.05) is 32.0 Å². The van der Waals surface area contributed by atoms with E-state index in [9.17, 15) is 0 Å². The molecule has 0 spiro atoms. The molecule has 21 heavy (non-hydrogen) atoms. The second-order valence-corrected chi connectivity index (χ2v) is 7.10. The Labute approximate surface area is 132 Å². The fourth-order valence-electron chi connectivity index (χ4n) is 2.46. The summed E-state index contributed by atoms with van der Waals surface area (Å²) in [6.07, 6.45) is 4.10. The molecule has 2 heterocycles.